The van der Waals surface area contributed by atoms with Crippen LogP contribution in [0.25, 0.3) is 11.8 Å². The lowest BCUT2D eigenvalue weighted by Crippen LogP contribution is -2.19. The molecule has 0 aliphatic carbocycles. The number of thioether (sulfide) groups is 1. The normalized spacial score (nSPS) is 16.3. The van der Waals surface area contributed by atoms with Crippen molar-refractivity contribution in [2.45, 2.75) is 13.8 Å². The number of aromatic carboxylic acids is 1. The van der Waals surface area contributed by atoms with Gasteiger partial charge < -0.3 is 15.0 Å². The molecular weight excluding hydrogens is 398 g/mol. The molecule has 0 unspecified atom stereocenters. The third-order valence-electron chi connectivity index (χ3n) is 4.82. The van der Waals surface area contributed by atoms with Gasteiger partial charge in [-0.15, -0.1) is 0 Å². The first-order valence-corrected chi connectivity index (χ1v) is 10.1. The molecule has 0 saturated carbocycles. The molecule has 0 atom stereocenters. The second kappa shape index (κ2) is 8.04. The Morgan fingerprint density at radius 3 is 2.57 bits per heavy atom. The van der Waals surface area contributed by atoms with Crippen molar-refractivity contribution in [3.63, 3.8) is 0 Å². The number of nitrogens with one attached hydrogen (secondary N) is 1. The molecule has 1 aliphatic heterocycles. The van der Waals surface area contributed by atoms with Gasteiger partial charge in [0.15, 0.2) is 5.17 Å². The van der Waals surface area contributed by atoms with Crippen molar-refractivity contribution < 1.29 is 14.7 Å². The number of nitrogens with zero attached hydrogens (tertiary/aromatic N) is 2. The van der Waals surface area contributed by atoms with Crippen LogP contribution in [0.2, 0.25) is 0 Å². The van der Waals surface area contributed by atoms with Gasteiger partial charge in [-0.05, 0) is 91.3 Å². The zero-order chi connectivity index (χ0) is 21.3. The SMILES string of the molecule is Cc1ccc(N=C2NC(=O)/C(=C\c3cccn3-c3ccc(C(=O)O)cc3)S2)cc1C. The second-order valence-electron chi connectivity index (χ2n) is 6.91. The average molecular weight is 417 g/mol. The molecule has 0 bridgehead atoms. The van der Waals surface area contributed by atoms with Crippen molar-refractivity contribution in [1.82, 2.24) is 9.88 Å². The quantitative estimate of drug-likeness (QED) is 0.604. The number of rotatable bonds is 4. The summed E-state index contributed by atoms with van der Waals surface area (Å²) in [4.78, 5) is 28.6. The Morgan fingerprint density at radius 2 is 1.87 bits per heavy atom. The van der Waals surface area contributed by atoms with Crippen molar-refractivity contribution in [2.24, 2.45) is 4.99 Å². The number of aromatic nitrogens is 1. The van der Waals surface area contributed by atoms with Crippen molar-refractivity contribution in [3.05, 3.63) is 88.1 Å². The maximum Gasteiger partial charge on any atom is 0.335 e. The van der Waals surface area contributed by atoms with Gasteiger partial charge in [-0.2, -0.15) is 0 Å². The van der Waals surface area contributed by atoms with Crippen molar-refractivity contribution in [1.29, 1.82) is 0 Å². The molecule has 1 saturated heterocycles. The Morgan fingerprint density at radius 1 is 1.10 bits per heavy atom. The molecule has 4 rings (SSSR count). The predicted molar refractivity (Wildman–Crippen MR) is 119 cm³/mol. The van der Waals surface area contributed by atoms with E-state index in [1.54, 1.807) is 30.3 Å². The van der Waals surface area contributed by atoms with E-state index in [1.807, 2.05) is 54.9 Å². The van der Waals surface area contributed by atoms with Gasteiger partial charge in [-0.1, -0.05) is 6.07 Å². The summed E-state index contributed by atoms with van der Waals surface area (Å²) in [5, 5.41) is 12.4. The van der Waals surface area contributed by atoms with Gasteiger partial charge in [0.1, 0.15) is 0 Å². The van der Waals surface area contributed by atoms with E-state index in [-0.39, 0.29) is 11.5 Å². The first-order chi connectivity index (χ1) is 14.4. The highest BCUT2D eigenvalue weighted by atomic mass is 32.2. The predicted octanol–water partition coefficient (Wildman–Crippen LogP) is 4.68. The van der Waals surface area contributed by atoms with Crippen LogP contribution in [0.15, 0.2) is 70.7 Å². The fraction of sp³-hybridized carbons (Fsp3) is 0.0870. The van der Waals surface area contributed by atoms with Crippen molar-refractivity contribution in [2.75, 3.05) is 0 Å². The molecule has 2 heterocycles. The van der Waals surface area contributed by atoms with Gasteiger partial charge in [0.25, 0.3) is 5.91 Å². The van der Waals surface area contributed by atoms with Gasteiger partial charge >= 0.3 is 5.97 Å². The summed E-state index contributed by atoms with van der Waals surface area (Å²) in [5.41, 5.74) is 4.98. The van der Waals surface area contributed by atoms with Crippen LogP contribution in [0.4, 0.5) is 5.69 Å². The first kappa shape index (κ1) is 19.7. The molecule has 7 heteroatoms. The minimum atomic E-state index is -0.967. The molecule has 1 fully saturated rings. The number of carboxylic acids is 1. The molecule has 1 aromatic heterocycles. The summed E-state index contributed by atoms with van der Waals surface area (Å²) < 4.78 is 1.89. The number of carbonyl (C=O) groups excluding carboxylic acids is 1. The number of aryl methyl sites for hydroxylation is 2. The van der Waals surface area contributed by atoms with Crippen molar-refractivity contribution in [3.8, 4) is 5.69 Å². The summed E-state index contributed by atoms with van der Waals surface area (Å²) in [7, 11) is 0. The summed E-state index contributed by atoms with van der Waals surface area (Å²) in [5.74, 6) is -1.16. The topological polar surface area (TPSA) is 83.7 Å². The van der Waals surface area contributed by atoms with Crippen LogP contribution < -0.4 is 5.32 Å². The van der Waals surface area contributed by atoms with E-state index in [0.717, 1.165) is 22.6 Å². The van der Waals surface area contributed by atoms with Gasteiger partial charge in [0, 0.05) is 17.6 Å². The Labute approximate surface area is 178 Å². The van der Waals surface area contributed by atoms with E-state index in [4.69, 9.17) is 5.11 Å². The van der Waals surface area contributed by atoms with Gasteiger partial charge in [-0.3, -0.25) is 4.79 Å². The fourth-order valence-corrected chi connectivity index (χ4v) is 3.87. The molecule has 1 aliphatic rings. The molecule has 150 valence electrons. The molecule has 30 heavy (non-hydrogen) atoms. The summed E-state index contributed by atoms with van der Waals surface area (Å²) >= 11 is 1.29. The Bertz CT molecular complexity index is 1210. The van der Waals surface area contributed by atoms with E-state index in [0.29, 0.717) is 10.1 Å². The lowest BCUT2D eigenvalue weighted by atomic mass is 10.1. The number of carbonyl (C=O) groups is 2. The highest BCUT2D eigenvalue weighted by molar-refractivity contribution is 8.18. The highest BCUT2D eigenvalue weighted by Crippen LogP contribution is 2.29. The largest absolute Gasteiger partial charge is 0.478 e. The molecule has 2 aromatic carbocycles. The minimum Gasteiger partial charge on any atom is -0.478 e. The lowest BCUT2D eigenvalue weighted by Gasteiger charge is -2.07. The number of benzene rings is 2. The average Bonchev–Trinajstić information content (AvgIpc) is 3.31. The monoisotopic (exact) mass is 417 g/mol. The number of aliphatic imine (C=N–C) groups is 1. The highest BCUT2D eigenvalue weighted by Gasteiger charge is 2.24. The molecule has 0 radical (unpaired) electrons. The number of amidine groups is 1. The smallest absolute Gasteiger partial charge is 0.335 e. The minimum absolute atomic E-state index is 0.198. The molecular formula is C23H19N3O3S. The van der Waals surface area contributed by atoms with Crippen molar-refractivity contribution >= 4 is 40.6 Å². The van der Waals surface area contributed by atoms with E-state index in [1.165, 1.54) is 17.3 Å². The zero-order valence-electron chi connectivity index (χ0n) is 16.4. The maximum atomic E-state index is 12.4. The maximum absolute atomic E-state index is 12.4. The Balaban J connectivity index is 1.59. The molecule has 3 aromatic rings. The van der Waals surface area contributed by atoms with Crippen LogP contribution in [-0.4, -0.2) is 26.7 Å². The number of hydrogen-bond acceptors (Lipinski definition) is 4. The third kappa shape index (κ3) is 4.06. The molecule has 1 amide bonds. The van der Waals surface area contributed by atoms with Crippen LogP contribution >= 0.6 is 11.8 Å². The molecule has 0 spiro atoms. The van der Waals surface area contributed by atoms with E-state index < -0.39 is 5.97 Å². The van der Waals surface area contributed by atoms with Crippen LogP contribution in [0.5, 0.6) is 0 Å². The van der Waals surface area contributed by atoms with E-state index in [9.17, 15) is 9.59 Å². The van der Waals surface area contributed by atoms with Gasteiger partial charge in [-0.25, -0.2) is 9.79 Å². The Hall–Kier alpha value is -3.58. The summed E-state index contributed by atoms with van der Waals surface area (Å²) in [6.45, 7) is 4.07. The van der Waals surface area contributed by atoms with E-state index >= 15 is 0 Å². The van der Waals surface area contributed by atoms with Crippen LogP contribution in [0.3, 0.4) is 0 Å². The van der Waals surface area contributed by atoms with Crippen LogP contribution in [0, 0.1) is 13.8 Å². The Kier molecular flexibility index (Phi) is 5.29. The standard InChI is InChI=1S/C23H19N3O3S/c1-14-5-8-17(12-15(14)2)24-23-25-21(27)20(30-23)13-19-4-3-11-26(19)18-9-6-16(7-10-18)22(28)29/h3-13H,1-2H3,(H,28,29)(H,24,25,27)/b20-13+. The van der Waals surface area contributed by atoms with E-state index in [2.05, 4.69) is 10.3 Å². The fourth-order valence-electron chi connectivity index (χ4n) is 3.04. The van der Waals surface area contributed by atoms with Crippen LogP contribution in [0.1, 0.15) is 27.2 Å². The first-order valence-electron chi connectivity index (χ1n) is 9.28. The molecule has 6 nitrogen and oxygen atoms in total. The van der Waals surface area contributed by atoms with Gasteiger partial charge in [0.05, 0.1) is 16.2 Å². The van der Waals surface area contributed by atoms with Gasteiger partial charge in [0.2, 0.25) is 0 Å². The summed E-state index contributed by atoms with van der Waals surface area (Å²) in [6, 6.07) is 16.3. The second-order valence-corrected chi connectivity index (χ2v) is 7.94. The zero-order valence-corrected chi connectivity index (χ0v) is 17.2. The summed E-state index contributed by atoms with van der Waals surface area (Å²) in [6.07, 6.45) is 3.66. The van der Waals surface area contributed by atoms with Crippen LogP contribution in [-0.2, 0) is 4.79 Å². The lowest BCUT2D eigenvalue weighted by molar-refractivity contribution is -0.115. The number of carboxylic acid groups (broad SMARTS) is 1. The molecule has 2 N–H and O–H groups in total. The number of amides is 1. The number of hydrogen-bond donors (Lipinski definition) is 2. The third-order valence-corrected chi connectivity index (χ3v) is 5.73.